The molecular formula is C50H30N4. The highest BCUT2D eigenvalue weighted by molar-refractivity contribution is 6.26. The topological polar surface area (TPSA) is 27.7 Å². The zero-order chi connectivity index (χ0) is 35.1. The zero-order valence-electron chi connectivity index (χ0n) is 29.1. The molecule has 0 bridgehead atoms. The van der Waals surface area contributed by atoms with Crippen LogP contribution in [0.15, 0.2) is 182 Å². The highest BCUT2D eigenvalue weighted by Gasteiger charge is 2.54. The molecule has 3 aromatic heterocycles. The fraction of sp³-hybridized carbons (Fsp3) is 0.0200. The molecule has 250 valence electrons. The molecule has 0 N–H and O–H groups in total. The Balaban J connectivity index is 1.18. The van der Waals surface area contributed by atoms with E-state index in [4.69, 9.17) is 4.98 Å². The SMILES string of the molecule is c1ccc(-n2c3ccccc3c3c2ccc2c4ccccc4n(-c4ccc5c(c4)C4(c6ccccc6-5)c5ccccc5-n5c4nc4ccccc45)c23)cc1. The van der Waals surface area contributed by atoms with E-state index in [1.807, 2.05) is 0 Å². The molecule has 8 aromatic carbocycles. The van der Waals surface area contributed by atoms with Crippen LogP contribution in [0.4, 0.5) is 0 Å². The summed E-state index contributed by atoms with van der Waals surface area (Å²) >= 11 is 0. The van der Waals surface area contributed by atoms with E-state index in [1.165, 1.54) is 77.1 Å². The molecule has 4 nitrogen and oxygen atoms in total. The van der Waals surface area contributed by atoms with Crippen molar-refractivity contribution in [1.82, 2.24) is 18.7 Å². The summed E-state index contributed by atoms with van der Waals surface area (Å²) in [6, 6.07) is 66.8. The van der Waals surface area contributed by atoms with Gasteiger partial charge in [-0.05, 0) is 88.5 Å². The summed E-state index contributed by atoms with van der Waals surface area (Å²) in [5.41, 5.74) is 16.3. The van der Waals surface area contributed by atoms with E-state index in [9.17, 15) is 0 Å². The van der Waals surface area contributed by atoms with Crippen LogP contribution in [0.1, 0.15) is 22.5 Å². The molecule has 2 aliphatic rings. The van der Waals surface area contributed by atoms with Gasteiger partial charge in [0.25, 0.3) is 0 Å². The zero-order valence-corrected chi connectivity index (χ0v) is 29.1. The van der Waals surface area contributed by atoms with E-state index in [0.29, 0.717) is 0 Å². The molecular weight excluding hydrogens is 657 g/mol. The maximum absolute atomic E-state index is 5.49. The number of aromatic nitrogens is 4. The second-order valence-electron chi connectivity index (χ2n) is 14.7. The Morgan fingerprint density at radius 2 is 1.06 bits per heavy atom. The summed E-state index contributed by atoms with van der Waals surface area (Å²) in [4.78, 5) is 5.49. The van der Waals surface area contributed by atoms with Crippen molar-refractivity contribution in [2.75, 3.05) is 0 Å². The van der Waals surface area contributed by atoms with Gasteiger partial charge in [0.05, 0.1) is 38.8 Å². The van der Waals surface area contributed by atoms with Gasteiger partial charge in [-0.3, -0.25) is 4.57 Å². The lowest BCUT2D eigenvalue weighted by Gasteiger charge is -2.27. The molecule has 1 aliphatic heterocycles. The molecule has 1 aliphatic carbocycles. The number of hydrogen-bond acceptors (Lipinski definition) is 1. The number of hydrogen-bond donors (Lipinski definition) is 0. The van der Waals surface area contributed by atoms with E-state index in [2.05, 4.69) is 196 Å². The van der Waals surface area contributed by atoms with Crippen LogP contribution in [-0.2, 0) is 5.41 Å². The molecule has 1 unspecified atom stereocenters. The Bertz CT molecular complexity index is 3400. The molecule has 4 heterocycles. The lowest BCUT2D eigenvalue weighted by Crippen LogP contribution is -2.27. The first-order chi connectivity index (χ1) is 26.8. The van der Waals surface area contributed by atoms with Crippen LogP contribution in [-0.4, -0.2) is 18.7 Å². The van der Waals surface area contributed by atoms with Crippen molar-refractivity contribution in [2.24, 2.45) is 0 Å². The maximum atomic E-state index is 5.49. The summed E-state index contributed by atoms with van der Waals surface area (Å²) < 4.78 is 7.35. The molecule has 11 aromatic rings. The minimum atomic E-state index is -0.574. The average Bonchev–Trinajstić information content (AvgIpc) is 4.01. The van der Waals surface area contributed by atoms with E-state index >= 15 is 0 Å². The van der Waals surface area contributed by atoms with Crippen molar-refractivity contribution in [3.8, 4) is 28.2 Å². The van der Waals surface area contributed by atoms with Crippen LogP contribution >= 0.6 is 0 Å². The van der Waals surface area contributed by atoms with Crippen LogP contribution in [0, 0.1) is 0 Å². The monoisotopic (exact) mass is 686 g/mol. The van der Waals surface area contributed by atoms with Gasteiger partial charge in [0.1, 0.15) is 11.2 Å². The molecule has 0 saturated heterocycles. The fourth-order valence-electron chi connectivity index (χ4n) is 10.2. The largest absolute Gasteiger partial charge is 0.309 e. The first-order valence-corrected chi connectivity index (χ1v) is 18.7. The Kier molecular flexibility index (Phi) is 5.28. The highest BCUT2D eigenvalue weighted by Crippen LogP contribution is 2.61. The normalized spacial score (nSPS) is 15.5. The summed E-state index contributed by atoms with van der Waals surface area (Å²) in [6.45, 7) is 0. The molecule has 0 amide bonds. The lowest BCUT2D eigenvalue weighted by molar-refractivity contribution is 0.737. The van der Waals surface area contributed by atoms with Crippen molar-refractivity contribution in [3.05, 3.63) is 205 Å². The van der Waals surface area contributed by atoms with Crippen LogP contribution in [0.25, 0.3) is 82.8 Å². The predicted molar refractivity (Wildman–Crippen MR) is 221 cm³/mol. The molecule has 1 spiro atoms. The van der Waals surface area contributed by atoms with Crippen molar-refractivity contribution in [3.63, 3.8) is 0 Å². The van der Waals surface area contributed by atoms with Crippen LogP contribution in [0.2, 0.25) is 0 Å². The third-order valence-electron chi connectivity index (χ3n) is 12.2. The van der Waals surface area contributed by atoms with Gasteiger partial charge in [-0.15, -0.1) is 0 Å². The minimum absolute atomic E-state index is 0.574. The van der Waals surface area contributed by atoms with E-state index in [-0.39, 0.29) is 0 Å². The molecule has 1 atom stereocenters. The minimum Gasteiger partial charge on any atom is -0.309 e. The Hall–Kier alpha value is -7.17. The van der Waals surface area contributed by atoms with Crippen molar-refractivity contribution in [1.29, 1.82) is 0 Å². The van der Waals surface area contributed by atoms with Crippen molar-refractivity contribution < 1.29 is 0 Å². The number of rotatable bonds is 2. The van der Waals surface area contributed by atoms with Crippen LogP contribution in [0.3, 0.4) is 0 Å². The Labute approximate surface area is 310 Å². The van der Waals surface area contributed by atoms with Gasteiger partial charge in [-0.2, -0.15) is 0 Å². The molecule has 0 fully saturated rings. The second kappa shape index (κ2) is 10.0. The molecule has 13 rings (SSSR count). The first kappa shape index (κ1) is 28.4. The van der Waals surface area contributed by atoms with Gasteiger partial charge < -0.3 is 9.13 Å². The summed E-state index contributed by atoms with van der Waals surface area (Å²) in [5.74, 6) is 1.06. The fourth-order valence-corrected chi connectivity index (χ4v) is 10.2. The summed E-state index contributed by atoms with van der Waals surface area (Å²) in [6.07, 6.45) is 0. The molecule has 0 saturated carbocycles. The highest BCUT2D eigenvalue weighted by atomic mass is 15.1. The van der Waals surface area contributed by atoms with E-state index < -0.39 is 5.41 Å². The number of imidazole rings is 1. The second-order valence-corrected chi connectivity index (χ2v) is 14.7. The molecule has 54 heavy (non-hydrogen) atoms. The van der Waals surface area contributed by atoms with Gasteiger partial charge >= 0.3 is 0 Å². The summed E-state index contributed by atoms with van der Waals surface area (Å²) in [5, 5.41) is 5.00. The van der Waals surface area contributed by atoms with E-state index in [0.717, 1.165) is 28.2 Å². The van der Waals surface area contributed by atoms with Gasteiger partial charge in [0, 0.05) is 32.9 Å². The quantitative estimate of drug-likeness (QED) is 0.178. The Morgan fingerprint density at radius 1 is 0.389 bits per heavy atom. The maximum Gasteiger partial charge on any atom is 0.134 e. The molecule has 0 radical (unpaired) electrons. The lowest BCUT2D eigenvalue weighted by atomic mass is 9.73. The van der Waals surface area contributed by atoms with Crippen molar-refractivity contribution >= 4 is 54.6 Å². The third kappa shape index (κ3) is 3.29. The van der Waals surface area contributed by atoms with Crippen LogP contribution < -0.4 is 0 Å². The Morgan fingerprint density at radius 3 is 1.93 bits per heavy atom. The third-order valence-corrected chi connectivity index (χ3v) is 12.2. The smallest absolute Gasteiger partial charge is 0.134 e. The average molecular weight is 687 g/mol. The number of para-hydroxylation sites is 6. The first-order valence-electron chi connectivity index (χ1n) is 18.7. The summed E-state index contributed by atoms with van der Waals surface area (Å²) in [7, 11) is 0. The van der Waals surface area contributed by atoms with Gasteiger partial charge in [0.15, 0.2) is 0 Å². The standard InChI is InChI=1S/C50H30N4/c1-2-14-31(15-3-1)52-43-23-11-6-18-37(43)47-46(52)29-28-36-35-17-5-10-22-42(35)53(48(36)47)32-26-27-34-33-16-4-7-19-38(33)50(40(34)30-32)39-20-8-12-24-44(39)54-45-25-13-9-21-41(45)51-49(50)54/h1-30H. The van der Waals surface area contributed by atoms with Crippen LogP contribution in [0.5, 0.6) is 0 Å². The van der Waals surface area contributed by atoms with Crippen molar-refractivity contribution in [2.45, 2.75) is 5.41 Å². The van der Waals surface area contributed by atoms with E-state index in [1.54, 1.807) is 0 Å². The van der Waals surface area contributed by atoms with Gasteiger partial charge in [0.2, 0.25) is 0 Å². The van der Waals surface area contributed by atoms with Gasteiger partial charge in [-0.25, -0.2) is 4.98 Å². The molecule has 4 heteroatoms. The predicted octanol–water partition coefficient (Wildman–Crippen LogP) is 11.9. The van der Waals surface area contributed by atoms with Gasteiger partial charge in [-0.1, -0.05) is 121 Å². The number of nitrogens with zero attached hydrogens (tertiary/aromatic N) is 4. The number of benzene rings is 8. The number of fused-ring (bicyclic) bond motifs is 19.